The first-order chi connectivity index (χ1) is 9.33. The lowest BCUT2D eigenvalue weighted by Gasteiger charge is -2.33. The Kier molecular flexibility index (Phi) is 4.69. The summed E-state index contributed by atoms with van der Waals surface area (Å²) in [6.07, 6.45) is 2.06. The van der Waals surface area contributed by atoms with Crippen LogP contribution in [-0.4, -0.2) is 5.51 Å². The number of fused-ring (bicyclic) bond motifs is 1. The fourth-order valence-corrected chi connectivity index (χ4v) is 8.11. The zero-order valence-electron chi connectivity index (χ0n) is 10.4. The van der Waals surface area contributed by atoms with Crippen LogP contribution >= 0.6 is 10.3 Å². The second-order valence-electron chi connectivity index (χ2n) is 4.15. The summed E-state index contributed by atoms with van der Waals surface area (Å²) in [5.74, 6) is 0. The Morgan fingerprint density at radius 2 is 1.90 bits per heavy atom. The first-order valence-corrected chi connectivity index (χ1v) is 9.97. The highest BCUT2D eigenvalue weighted by atomic mass is 127. The molecule has 0 fully saturated rings. The minimum atomic E-state index is -4.74. The Morgan fingerprint density at radius 3 is 2.45 bits per heavy atom. The Labute approximate surface area is 125 Å². The van der Waals surface area contributed by atoms with Crippen molar-refractivity contribution < 1.29 is 43.6 Å². The molecule has 1 atom stereocenters. The zero-order chi connectivity index (χ0) is 15.0. The van der Waals surface area contributed by atoms with E-state index in [4.69, 9.17) is 0 Å². The number of allylic oxidation sites excluding steroid dienone is 1. The second-order valence-corrected chi connectivity index (χ2v) is 8.98. The molecular formula is C12H12F3IO3S. The average Bonchev–Trinajstić information content (AvgIpc) is 2.64. The van der Waals surface area contributed by atoms with Gasteiger partial charge in [0, 0.05) is 12.3 Å². The van der Waals surface area contributed by atoms with E-state index >= 15 is 0 Å². The summed E-state index contributed by atoms with van der Waals surface area (Å²) in [7, 11) is -3.93. The highest BCUT2D eigenvalue weighted by Crippen LogP contribution is 2.76. The first kappa shape index (κ1) is 16.1. The van der Waals surface area contributed by atoms with Crippen LogP contribution in [0.15, 0.2) is 34.1 Å². The molecule has 0 spiro atoms. The predicted molar refractivity (Wildman–Crippen MR) is 62.3 cm³/mol. The van der Waals surface area contributed by atoms with E-state index < -0.39 is 36.9 Å². The summed E-state index contributed by atoms with van der Waals surface area (Å²) < 4.78 is 67.5. The topological polar surface area (TPSA) is 55.3 Å². The quantitative estimate of drug-likeness (QED) is 0.621. The van der Waals surface area contributed by atoms with Gasteiger partial charge >= 0.3 is 26.6 Å². The minimum Gasteiger partial charge on any atom is -0.395 e. The van der Waals surface area contributed by atoms with Crippen LogP contribution in [0.3, 0.4) is 0 Å². The van der Waals surface area contributed by atoms with Crippen molar-refractivity contribution in [3.05, 3.63) is 34.7 Å². The zero-order valence-corrected chi connectivity index (χ0v) is 13.4. The summed E-state index contributed by atoms with van der Waals surface area (Å²) in [5, 5.41) is 0. The highest BCUT2D eigenvalue weighted by molar-refractivity contribution is 8.34. The van der Waals surface area contributed by atoms with Crippen LogP contribution < -0.4 is 27.9 Å². The molecule has 0 saturated heterocycles. The molecule has 0 aromatic heterocycles. The molecule has 1 aliphatic rings. The predicted octanol–water partition coefficient (Wildman–Crippen LogP) is -0.454. The Bertz CT molecular complexity index is 533. The summed E-state index contributed by atoms with van der Waals surface area (Å²) >= 11 is -4.51. The molecule has 2 rings (SSSR count). The Balaban J connectivity index is 2.65. The maximum Gasteiger partial charge on any atom is 0.520 e. The van der Waals surface area contributed by atoms with Gasteiger partial charge in [0.1, 0.15) is 10.3 Å². The number of hydrogen-bond acceptors (Lipinski definition) is 3. The normalized spacial score (nSPS) is 25.2. The second kappa shape index (κ2) is 5.84. The van der Waals surface area contributed by atoms with E-state index in [9.17, 15) is 20.0 Å². The molecule has 1 aromatic rings. The molecule has 20 heavy (non-hydrogen) atoms. The highest BCUT2D eigenvalue weighted by Gasteiger charge is 2.64. The molecule has 1 aromatic carbocycles. The number of benzene rings is 1. The van der Waals surface area contributed by atoms with E-state index in [2.05, 4.69) is 2.51 Å². The third-order valence-corrected chi connectivity index (χ3v) is 8.38. The van der Waals surface area contributed by atoms with Crippen molar-refractivity contribution in [2.24, 2.45) is 0 Å². The van der Waals surface area contributed by atoms with Gasteiger partial charge in [-0.1, -0.05) is 31.5 Å². The van der Waals surface area contributed by atoms with E-state index in [0.717, 1.165) is 0 Å². The molecule has 0 aliphatic carbocycles. The van der Waals surface area contributed by atoms with Gasteiger partial charge in [-0.15, -0.1) is 0 Å². The minimum absolute atomic E-state index is 0.0303. The van der Waals surface area contributed by atoms with Crippen LogP contribution in [0.1, 0.15) is 25.3 Å². The molecule has 8 heteroatoms. The maximum atomic E-state index is 13.6. The average molecular weight is 420 g/mol. The summed E-state index contributed by atoms with van der Waals surface area (Å²) in [5.41, 5.74) is -4.36. The van der Waals surface area contributed by atoms with Gasteiger partial charge in [-0.25, -0.2) is 0 Å². The molecule has 0 saturated carbocycles. The van der Waals surface area contributed by atoms with Crippen LogP contribution in [0, 0.1) is 0 Å². The van der Waals surface area contributed by atoms with Crippen molar-refractivity contribution in [2.45, 2.75) is 30.2 Å². The standard InChI is InChI=1S/C12H12F3IO3S/c1-2-5-10-8-9-6-3-4-7-11(9)20(10,12(13,14)15)19-16(17)18/h3-4,6-8H,2,5H2,1H3. The smallest absolute Gasteiger partial charge is 0.395 e. The molecule has 0 amide bonds. The van der Waals surface area contributed by atoms with Gasteiger partial charge in [0.05, 0.1) is 0 Å². The van der Waals surface area contributed by atoms with Crippen molar-refractivity contribution in [3.63, 3.8) is 0 Å². The number of hydrogen-bond donors (Lipinski definition) is 0. The molecule has 112 valence electrons. The molecule has 1 aliphatic heterocycles. The lowest BCUT2D eigenvalue weighted by Crippen LogP contribution is -3.98. The van der Waals surface area contributed by atoms with Crippen LogP contribution in [-0.2, 0) is 2.51 Å². The van der Waals surface area contributed by atoms with E-state index in [0.29, 0.717) is 12.0 Å². The van der Waals surface area contributed by atoms with Crippen LogP contribution in [0.4, 0.5) is 13.2 Å². The Morgan fingerprint density at radius 1 is 1.25 bits per heavy atom. The SMILES string of the molecule is CCCC1=Cc2ccccc2S1(O[I+2]([O-])[O-])C(F)(F)F. The van der Waals surface area contributed by atoms with E-state index in [1.54, 1.807) is 19.1 Å². The molecule has 0 bridgehead atoms. The lowest BCUT2D eigenvalue weighted by molar-refractivity contribution is -1.62. The molecule has 1 heterocycles. The van der Waals surface area contributed by atoms with Crippen LogP contribution in [0.5, 0.6) is 0 Å². The molecule has 0 N–H and O–H groups in total. The molecular weight excluding hydrogens is 408 g/mol. The maximum absolute atomic E-state index is 13.6. The fraction of sp³-hybridized carbons (Fsp3) is 0.333. The fourth-order valence-electron chi connectivity index (χ4n) is 2.18. The van der Waals surface area contributed by atoms with E-state index in [1.165, 1.54) is 18.2 Å². The van der Waals surface area contributed by atoms with Gasteiger partial charge < -0.3 is 6.87 Å². The van der Waals surface area contributed by atoms with Gasteiger partial charge in [-0.05, 0) is 24.1 Å². The van der Waals surface area contributed by atoms with Gasteiger partial charge in [0.2, 0.25) is 0 Å². The number of alkyl halides is 3. The van der Waals surface area contributed by atoms with E-state index in [1.807, 2.05) is 0 Å². The van der Waals surface area contributed by atoms with Crippen molar-refractivity contribution in [2.75, 3.05) is 0 Å². The summed E-state index contributed by atoms with van der Waals surface area (Å²) in [4.78, 5) is -0.0346. The molecule has 0 radical (unpaired) electrons. The third kappa shape index (κ3) is 2.59. The first-order valence-electron chi connectivity index (χ1n) is 5.77. The van der Waals surface area contributed by atoms with Crippen LogP contribution in [0.2, 0.25) is 0 Å². The number of rotatable bonds is 4. The van der Waals surface area contributed by atoms with Gasteiger partial charge in [0.25, 0.3) is 0 Å². The summed E-state index contributed by atoms with van der Waals surface area (Å²) in [6, 6.07) is 5.93. The number of halogens is 4. The third-order valence-electron chi connectivity index (χ3n) is 2.88. The largest absolute Gasteiger partial charge is 0.520 e. The van der Waals surface area contributed by atoms with Gasteiger partial charge in [-0.3, -0.25) is 0 Å². The lowest BCUT2D eigenvalue weighted by atomic mass is 10.2. The molecule has 1 unspecified atom stereocenters. The van der Waals surface area contributed by atoms with E-state index in [-0.39, 0.29) is 16.2 Å². The van der Waals surface area contributed by atoms with Gasteiger partial charge in [-0.2, -0.15) is 13.2 Å². The van der Waals surface area contributed by atoms with Crippen molar-refractivity contribution in [1.29, 1.82) is 0 Å². The van der Waals surface area contributed by atoms with Gasteiger partial charge in [0.15, 0.2) is 0 Å². The van der Waals surface area contributed by atoms with Crippen molar-refractivity contribution >= 4 is 16.4 Å². The molecule has 3 nitrogen and oxygen atoms in total. The van der Waals surface area contributed by atoms with Crippen LogP contribution in [0.25, 0.3) is 6.08 Å². The summed E-state index contributed by atoms with van der Waals surface area (Å²) in [6.45, 7) is 1.75. The van der Waals surface area contributed by atoms with Crippen molar-refractivity contribution in [3.8, 4) is 0 Å². The monoisotopic (exact) mass is 420 g/mol. The Hall–Kier alpha value is -0.290. The van der Waals surface area contributed by atoms with Crippen molar-refractivity contribution in [1.82, 2.24) is 0 Å².